The number of carbonyl (C=O) groups is 4. The van der Waals surface area contributed by atoms with Crippen molar-refractivity contribution < 1.29 is 23.9 Å². The van der Waals surface area contributed by atoms with Crippen molar-refractivity contribution in [2.75, 3.05) is 6.54 Å². The van der Waals surface area contributed by atoms with Crippen molar-refractivity contribution in [3.05, 3.63) is 48.6 Å². The van der Waals surface area contributed by atoms with Crippen molar-refractivity contribution in [3.8, 4) is 0 Å². The van der Waals surface area contributed by atoms with Gasteiger partial charge in [-0.2, -0.15) is 0 Å². The molecule has 0 spiro atoms. The van der Waals surface area contributed by atoms with Crippen LogP contribution in [0.3, 0.4) is 0 Å². The van der Waals surface area contributed by atoms with Crippen molar-refractivity contribution in [2.45, 2.75) is 31.9 Å². The van der Waals surface area contributed by atoms with Gasteiger partial charge in [0, 0.05) is 18.9 Å². The molecule has 138 valence electrons. The van der Waals surface area contributed by atoms with Crippen LogP contribution in [-0.2, 0) is 25.7 Å². The lowest BCUT2D eigenvalue weighted by Gasteiger charge is -2.22. The number of hydrogen-bond acceptors (Lipinski definition) is 5. The van der Waals surface area contributed by atoms with Crippen LogP contribution in [-0.4, -0.2) is 36.2 Å². The van der Waals surface area contributed by atoms with Gasteiger partial charge in [-0.25, -0.2) is 4.79 Å². The minimum Gasteiger partial charge on any atom is -0.445 e. The van der Waals surface area contributed by atoms with Crippen molar-refractivity contribution in [1.29, 1.82) is 0 Å². The first kappa shape index (κ1) is 19.4. The zero-order chi connectivity index (χ0) is 18.9. The maximum atomic E-state index is 12.5. The lowest BCUT2D eigenvalue weighted by Crippen LogP contribution is -2.46. The number of hydrogen-bond donors (Lipinski definition) is 2. The summed E-state index contributed by atoms with van der Waals surface area (Å²) in [6, 6.07) is 8.32. The highest BCUT2D eigenvalue weighted by atomic mass is 16.5. The Bertz CT molecular complexity index is 686. The third-order valence-corrected chi connectivity index (χ3v) is 4.12. The first-order chi connectivity index (χ1) is 12.5. The highest BCUT2D eigenvalue weighted by Crippen LogP contribution is 2.16. The number of carbonyl (C=O) groups excluding carboxylic acids is 4. The van der Waals surface area contributed by atoms with Crippen LogP contribution in [0.15, 0.2) is 43.0 Å². The molecule has 1 fully saturated rings. The number of alkyl carbamates (subject to hydrolysis) is 1. The molecule has 2 atom stereocenters. The van der Waals surface area contributed by atoms with Crippen LogP contribution in [0.1, 0.15) is 24.8 Å². The molecular formula is C19H22N2O5. The molecule has 26 heavy (non-hydrogen) atoms. The lowest BCUT2D eigenvalue weighted by molar-refractivity contribution is -0.143. The molecule has 1 aromatic rings. The van der Waals surface area contributed by atoms with Crippen molar-refractivity contribution >= 4 is 23.6 Å². The summed E-state index contributed by atoms with van der Waals surface area (Å²) in [5, 5.41) is 4.96. The van der Waals surface area contributed by atoms with Gasteiger partial charge in [0.2, 0.25) is 5.78 Å². The van der Waals surface area contributed by atoms with Gasteiger partial charge in [0.05, 0.1) is 6.04 Å². The molecule has 7 nitrogen and oxygen atoms in total. The predicted octanol–water partition coefficient (Wildman–Crippen LogP) is 1.52. The summed E-state index contributed by atoms with van der Waals surface area (Å²) in [7, 11) is 0. The van der Waals surface area contributed by atoms with Crippen LogP contribution in [0, 0.1) is 5.92 Å². The highest BCUT2D eigenvalue weighted by Gasteiger charge is 2.33. The van der Waals surface area contributed by atoms with Crippen molar-refractivity contribution in [3.63, 3.8) is 0 Å². The van der Waals surface area contributed by atoms with E-state index in [1.165, 1.54) is 6.08 Å². The Labute approximate surface area is 151 Å². The molecule has 1 saturated heterocycles. The number of Topliss-reactive ketones (excluding diaryl/α,β-unsaturated/α-hetero) is 2. The Hall–Kier alpha value is -2.96. The third kappa shape index (κ3) is 5.54. The Balaban J connectivity index is 1.88. The topological polar surface area (TPSA) is 102 Å². The van der Waals surface area contributed by atoms with Crippen molar-refractivity contribution in [1.82, 2.24) is 10.6 Å². The molecule has 2 amide bonds. The molecule has 2 rings (SSSR count). The zero-order valence-electron chi connectivity index (χ0n) is 14.4. The second-order valence-electron chi connectivity index (χ2n) is 6.06. The van der Waals surface area contributed by atoms with Crippen LogP contribution in [0.5, 0.6) is 0 Å². The second kappa shape index (κ2) is 9.50. The van der Waals surface area contributed by atoms with E-state index in [2.05, 4.69) is 17.2 Å². The van der Waals surface area contributed by atoms with Crippen LogP contribution in [0.25, 0.3) is 0 Å². The fraction of sp³-hybridized carbons (Fsp3) is 0.368. The Morgan fingerprint density at radius 1 is 1.31 bits per heavy atom. The molecule has 1 aromatic carbocycles. The maximum Gasteiger partial charge on any atom is 0.408 e. The van der Waals surface area contributed by atoms with E-state index in [0.717, 1.165) is 5.56 Å². The number of ketones is 2. The smallest absolute Gasteiger partial charge is 0.408 e. The van der Waals surface area contributed by atoms with Crippen LogP contribution < -0.4 is 10.6 Å². The molecule has 1 heterocycles. The molecule has 2 unspecified atom stereocenters. The molecular weight excluding hydrogens is 336 g/mol. The monoisotopic (exact) mass is 358 g/mol. The molecule has 0 radical (unpaired) electrons. The SMILES string of the molecule is C=CCC(NC(=O)OCc1ccccc1)C(=O)CC1CCNC(=O)C1=O. The average Bonchev–Trinajstić information content (AvgIpc) is 2.64. The van der Waals surface area contributed by atoms with Gasteiger partial charge >= 0.3 is 6.09 Å². The first-order valence-corrected chi connectivity index (χ1v) is 8.44. The second-order valence-corrected chi connectivity index (χ2v) is 6.06. The van der Waals surface area contributed by atoms with Crippen LogP contribution in [0.4, 0.5) is 4.79 Å². The van der Waals surface area contributed by atoms with Crippen LogP contribution in [0.2, 0.25) is 0 Å². The largest absolute Gasteiger partial charge is 0.445 e. The van der Waals surface area contributed by atoms with E-state index >= 15 is 0 Å². The van der Waals surface area contributed by atoms with Gasteiger partial charge in [0.15, 0.2) is 5.78 Å². The van der Waals surface area contributed by atoms with E-state index in [9.17, 15) is 19.2 Å². The minimum atomic E-state index is -0.839. The number of nitrogens with one attached hydrogen (secondary N) is 2. The van der Waals surface area contributed by atoms with Gasteiger partial charge < -0.3 is 15.4 Å². The summed E-state index contributed by atoms with van der Waals surface area (Å²) in [5.41, 5.74) is 0.827. The standard InChI is InChI=1S/C19H22N2O5/c1-2-6-15(16(22)11-14-9-10-20-18(24)17(14)23)21-19(25)26-12-13-7-4-3-5-8-13/h2-5,7-8,14-15H,1,6,9-12H2,(H,20,24)(H,21,25). The number of benzene rings is 1. The van der Waals surface area contributed by atoms with E-state index in [-0.39, 0.29) is 25.2 Å². The first-order valence-electron chi connectivity index (χ1n) is 8.44. The third-order valence-electron chi connectivity index (χ3n) is 4.12. The zero-order valence-corrected chi connectivity index (χ0v) is 14.4. The number of rotatable bonds is 8. The molecule has 1 aliphatic rings. The molecule has 0 aliphatic carbocycles. The minimum absolute atomic E-state index is 0.0863. The molecule has 2 N–H and O–H groups in total. The fourth-order valence-electron chi connectivity index (χ4n) is 2.69. The summed E-state index contributed by atoms with van der Waals surface area (Å²) in [6.07, 6.45) is 1.32. The van der Waals surface area contributed by atoms with Gasteiger partial charge in [0.25, 0.3) is 5.91 Å². The quantitative estimate of drug-likeness (QED) is 0.542. The Morgan fingerprint density at radius 3 is 2.73 bits per heavy atom. The van der Waals surface area contributed by atoms with E-state index in [1.54, 1.807) is 0 Å². The number of piperidine rings is 1. The number of amides is 2. The van der Waals surface area contributed by atoms with Gasteiger partial charge in [-0.1, -0.05) is 36.4 Å². The normalized spacial score (nSPS) is 17.8. The summed E-state index contributed by atoms with van der Waals surface area (Å²) >= 11 is 0. The van der Waals surface area contributed by atoms with Gasteiger partial charge in [-0.3, -0.25) is 14.4 Å². The summed E-state index contributed by atoms with van der Waals surface area (Å²) < 4.78 is 5.12. The van der Waals surface area contributed by atoms with Gasteiger partial charge in [-0.15, -0.1) is 6.58 Å². The van der Waals surface area contributed by atoms with E-state index in [0.29, 0.717) is 13.0 Å². The predicted molar refractivity (Wildman–Crippen MR) is 94.1 cm³/mol. The fourth-order valence-corrected chi connectivity index (χ4v) is 2.69. The van der Waals surface area contributed by atoms with E-state index < -0.39 is 29.7 Å². The van der Waals surface area contributed by atoms with E-state index in [4.69, 9.17) is 4.74 Å². The maximum absolute atomic E-state index is 12.5. The van der Waals surface area contributed by atoms with Crippen molar-refractivity contribution in [2.24, 2.45) is 5.92 Å². The van der Waals surface area contributed by atoms with E-state index in [1.807, 2.05) is 30.3 Å². The van der Waals surface area contributed by atoms with Gasteiger partial charge in [0.1, 0.15) is 6.61 Å². The molecule has 1 aliphatic heterocycles. The lowest BCUT2D eigenvalue weighted by atomic mass is 9.88. The molecule has 7 heteroatoms. The average molecular weight is 358 g/mol. The van der Waals surface area contributed by atoms with Crippen LogP contribution >= 0.6 is 0 Å². The number of ether oxygens (including phenoxy) is 1. The Kier molecular flexibility index (Phi) is 7.08. The summed E-state index contributed by atoms with van der Waals surface area (Å²) in [5.74, 6) is -2.22. The highest BCUT2D eigenvalue weighted by molar-refractivity contribution is 6.37. The molecule has 0 saturated carbocycles. The van der Waals surface area contributed by atoms with Gasteiger partial charge in [-0.05, 0) is 18.4 Å². The summed E-state index contributed by atoms with van der Waals surface area (Å²) in [6.45, 7) is 4.03. The Morgan fingerprint density at radius 2 is 2.04 bits per heavy atom. The summed E-state index contributed by atoms with van der Waals surface area (Å²) in [4.78, 5) is 47.7. The molecule has 0 aromatic heterocycles. The molecule has 0 bridgehead atoms.